The van der Waals surface area contributed by atoms with Crippen molar-refractivity contribution in [3.63, 3.8) is 0 Å². The minimum atomic E-state index is -0.764. The first-order valence-electron chi connectivity index (χ1n) is 30.6. The van der Waals surface area contributed by atoms with Crippen molar-refractivity contribution in [2.24, 2.45) is 0 Å². The summed E-state index contributed by atoms with van der Waals surface area (Å²) < 4.78 is 16.8. The molecule has 0 saturated heterocycles. The normalized spacial score (nSPS) is 12.3. The first kappa shape index (κ1) is 67.4. The van der Waals surface area contributed by atoms with E-state index < -0.39 is 6.10 Å². The summed E-state index contributed by atoms with van der Waals surface area (Å²) in [7, 11) is 0. The zero-order valence-electron chi connectivity index (χ0n) is 46.8. The fourth-order valence-electron chi connectivity index (χ4n) is 9.02. The average molecular weight is 982 g/mol. The third-order valence-corrected chi connectivity index (χ3v) is 13.6. The summed E-state index contributed by atoms with van der Waals surface area (Å²) in [5.74, 6) is -0.858. The Morgan fingerprint density at radius 2 is 0.557 bits per heavy atom. The lowest BCUT2D eigenvalue weighted by atomic mass is 10.0. The molecule has 0 aromatic heterocycles. The van der Waals surface area contributed by atoms with E-state index in [1.807, 2.05) is 0 Å². The molecule has 0 aliphatic rings. The monoisotopic (exact) mass is 981 g/mol. The first-order valence-corrected chi connectivity index (χ1v) is 30.6. The number of unbranched alkanes of at least 4 members (excludes halogenated alkanes) is 37. The number of esters is 3. The second-order valence-electron chi connectivity index (χ2n) is 20.6. The molecule has 0 N–H and O–H groups in total. The van der Waals surface area contributed by atoms with Gasteiger partial charge in [0.25, 0.3) is 0 Å². The van der Waals surface area contributed by atoms with Crippen LogP contribution in [0.2, 0.25) is 0 Å². The van der Waals surface area contributed by atoms with Crippen LogP contribution in [0.3, 0.4) is 0 Å². The van der Waals surface area contributed by atoms with Gasteiger partial charge in [0.2, 0.25) is 0 Å². The van der Waals surface area contributed by atoms with E-state index in [1.165, 1.54) is 199 Å². The van der Waals surface area contributed by atoms with Gasteiger partial charge in [-0.3, -0.25) is 14.4 Å². The Labute approximate surface area is 435 Å². The maximum Gasteiger partial charge on any atom is 0.306 e. The van der Waals surface area contributed by atoms with Crippen molar-refractivity contribution in [2.75, 3.05) is 13.2 Å². The third-order valence-electron chi connectivity index (χ3n) is 13.6. The van der Waals surface area contributed by atoms with Gasteiger partial charge >= 0.3 is 17.9 Å². The highest BCUT2D eigenvalue weighted by atomic mass is 16.6. The van der Waals surface area contributed by atoms with Crippen LogP contribution >= 0.6 is 0 Å². The van der Waals surface area contributed by atoms with Gasteiger partial charge in [0.15, 0.2) is 6.10 Å². The molecule has 0 radical (unpaired) electrons. The fraction of sp³-hybridized carbons (Fsp3) is 0.828. The summed E-state index contributed by atoms with van der Waals surface area (Å²) in [6, 6.07) is 0. The molecule has 0 bridgehead atoms. The molecule has 1 unspecified atom stereocenters. The number of rotatable bonds is 56. The highest BCUT2D eigenvalue weighted by molar-refractivity contribution is 5.71. The molecule has 1 atom stereocenters. The summed E-state index contributed by atoms with van der Waals surface area (Å²) in [6.07, 6.45) is 73.0. The number of ether oxygens (including phenoxy) is 3. The van der Waals surface area contributed by atoms with Crippen LogP contribution < -0.4 is 0 Å². The van der Waals surface area contributed by atoms with Crippen LogP contribution in [-0.4, -0.2) is 37.2 Å². The van der Waals surface area contributed by atoms with E-state index in [4.69, 9.17) is 14.2 Å². The van der Waals surface area contributed by atoms with E-state index in [-0.39, 0.29) is 31.1 Å². The number of allylic oxidation sites excluding steroid dienone is 8. The smallest absolute Gasteiger partial charge is 0.306 e. The minimum absolute atomic E-state index is 0.0671. The van der Waals surface area contributed by atoms with Gasteiger partial charge < -0.3 is 14.2 Å². The molecule has 0 aromatic carbocycles. The van der Waals surface area contributed by atoms with E-state index in [0.717, 1.165) is 83.5 Å². The number of hydrogen-bond donors (Lipinski definition) is 0. The van der Waals surface area contributed by atoms with Crippen LogP contribution in [0, 0.1) is 0 Å². The zero-order valence-corrected chi connectivity index (χ0v) is 46.8. The molecule has 0 saturated carbocycles. The third kappa shape index (κ3) is 56.3. The molecule has 0 aliphatic heterocycles. The molecule has 0 fully saturated rings. The first-order chi connectivity index (χ1) is 34.5. The van der Waals surface area contributed by atoms with Gasteiger partial charge in [-0.15, -0.1) is 0 Å². The zero-order chi connectivity index (χ0) is 50.7. The Morgan fingerprint density at radius 3 is 0.871 bits per heavy atom. The van der Waals surface area contributed by atoms with Gasteiger partial charge in [0, 0.05) is 19.3 Å². The molecule has 0 heterocycles. The van der Waals surface area contributed by atoms with Gasteiger partial charge in [-0.25, -0.2) is 0 Å². The Hall–Kier alpha value is -2.63. The van der Waals surface area contributed by atoms with Crippen molar-refractivity contribution >= 4 is 17.9 Å². The van der Waals surface area contributed by atoms with E-state index in [9.17, 15) is 14.4 Å². The summed E-state index contributed by atoms with van der Waals surface area (Å²) >= 11 is 0. The van der Waals surface area contributed by atoms with Crippen molar-refractivity contribution in [3.8, 4) is 0 Å². The highest BCUT2D eigenvalue weighted by Crippen LogP contribution is 2.17. The molecule has 0 aliphatic carbocycles. The lowest BCUT2D eigenvalue weighted by Crippen LogP contribution is -2.30. The maximum atomic E-state index is 12.8. The molecular formula is C64H116O6. The lowest BCUT2D eigenvalue weighted by molar-refractivity contribution is -0.167. The molecule has 0 amide bonds. The Morgan fingerprint density at radius 1 is 0.300 bits per heavy atom. The number of carbonyl (C=O) groups is 3. The lowest BCUT2D eigenvalue weighted by Gasteiger charge is -2.18. The molecule has 0 rings (SSSR count). The Bertz CT molecular complexity index is 1220. The van der Waals surface area contributed by atoms with E-state index in [2.05, 4.69) is 69.4 Å². The van der Waals surface area contributed by atoms with Crippen molar-refractivity contribution in [2.45, 2.75) is 329 Å². The van der Waals surface area contributed by atoms with Crippen LogP contribution in [0.25, 0.3) is 0 Å². The van der Waals surface area contributed by atoms with Gasteiger partial charge in [-0.05, 0) is 57.8 Å². The molecule has 6 heteroatoms. The average Bonchev–Trinajstić information content (AvgIpc) is 3.36. The molecule has 6 nitrogen and oxygen atoms in total. The summed E-state index contributed by atoms with van der Waals surface area (Å²) in [5, 5.41) is 0. The molecular weight excluding hydrogens is 865 g/mol. The minimum Gasteiger partial charge on any atom is -0.462 e. The van der Waals surface area contributed by atoms with Crippen molar-refractivity contribution < 1.29 is 28.6 Å². The number of hydrogen-bond acceptors (Lipinski definition) is 6. The predicted molar refractivity (Wildman–Crippen MR) is 302 cm³/mol. The highest BCUT2D eigenvalue weighted by Gasteiger charge is 2.19. The largest absolute Gasteiger partial charge is 0.462 e. The summed E-state index contributed by atoms with van der Waals surface area (Å²) in [6.45, 7) is 6.51. The topological polar surface area (TPSA) is 78.9 Å². The summed E-state index contributed by atoms with van der Waals surface area (Å²) in [5.41, 5.74) is 0. The van der Waals surface area contributed by atoms with Crippen molar-refractivity contribution in [1.29, 1.82) is 0 Å². The SMILES string of the molecule is CC/C=C\C/C=C\C/C=C\C/C=C\CCCCCCCCCCCCCCCCCCCCC(=O)OCC(COC(=O)CCCCCCCC)OC(=O)CCCCCCCCCCCCCCCCC. The quantitative estimate of drug-likeness (QED) is 0.0261. The molecule has 0 spiro atoms. The fourth-order valence-corrected chi connectivity index (χ4v) is 9.02. The van der Waals surface area contributed by atoms with Gasteiger partial charge in [0.1, 0.15) is 13.2 Å². The molecule has 70 heavy (non-hydrogen) atoms. The molecule has 0 aromatic rings. The van der Waals surface area contributed by atoms with Gasteiger partial charge in [-0.1, -0.05) is 294 Å². The van der Waals surface area contributed by atoms with Gasteiger partial charge in [0.05, 0.1) is 0 Å². The maximum absolute atomic E-state index is 12.8. The van der Waals surface area contributed by atoms with Crippen LogP contribution in [0.5, 0.6) is 0 Å². The standard InChI is InChI=1S/C64H116O6/c1-4-7-10-13-16-18-20-22-24-25-26-27-28-29-30-31-32-33-34-35-36-37-38-39-41-42-44-46-48-51-54-57-63(66)69-60-61(59-68-62(65)56-53-50-15-12-9-6-3)70-64(67)58-55-52-49-47-45-43-40-23-21-19-17-14-11-8-5-2/h7,10,16,18,22,24,26-27,61H,4-6,8-9,11-15,17,19-21,23,25,28-60H2,1-3H3/b10-7-,18-16-,24-22-,27-26-. The second kappa shape index (κ2) is 58.9. The van der Waals surface area contributed by atoms with Crippen molar-refractivity contribution in [1.82, 2.24) is 0 Å². The van der Waals surface area contributed by atoms with E-state index >= 15 is 0 Å². The Balaban J connectivity index is 3.96. The van der Waals surface area contributed by atoms with E-state index in [0.29, 0.717) is 19.3 Å². The van der Waals surface area contributed by atoms with Crippen molar-refractivity contribution in [3.05, 3.63) is 48.6 Å². The van der Waals surface area contributed by atoms with Crippen LogP contribution in [0.15, 0.2) is 48.6 Å². The summed E-state index contributed by atoms with van der Waals surface area (Å²) in [4.78, 5) is 37.9. The van der Waals surface area contributed by atoms with Gasteiger partial charge in [-0.2, -0.15) is 0 Å². The second-order valence-corrected chi connectivity index (χ2v) is 20.6. The van der Waals surface area contributed by atoms with Crippen LogP contribution in [0.1, 0.15) is 323 Å². The Kier molecular flexibility index (Phi) is 56.7. The number of carbonyl (C=O) groups excluding carboxylic acids is 3. The van der Waals surface area contributed by atoms with Crippen LogP contribution in [-0.2, 0) is 28.6 Å². The van der Waals surface area contributed by atoms with E-state index in [1.54, 1.807) is 0 Å². The predicted octanol–water partition coefficient (Wildman–Crippen LogP) is 20.6. The van der Waals surface area contributed by atoms with Crippen LogP contribution in [0.4, 0.5) is 0 Å². The molecule has 408 valence electrons.